The molecule has 21 heavy (non-hydrogen) atoms. The first-order valence-electron chi connectivity index (χ1n) is 7.17. The van der Waals surface area contributed by atoms with Gasteiger partial charge < -0.3 is 10.3 Å². The number of imidazole rings is 1. The zero-order valence-electron chi connectivity index (χ0n) is 12.9. The Hall–Kier alpha value is -1.33. The van der Waals surface area contributed by atoms with Gasteiger partial charge in [-0.25, -0.2) is 9.37 Å². The maximum atomic E-state index is 13.7. The van der Waals surface area contributed by atoms with E-state index in [2.05, 4.69) is 37.6 Å². The first-order valence-corrected chi connectivity index (χ1v) is 7.55. The number of hydrogen-bond acceptors (Lipinski definition) is 3. The Morgan fingerprint density at radius 3 is 2.48 bits per heavy atom. The molecular formula is C15H22ClFN4. The van der Waals surface area contributed by atoms with E-state index in [1.165, 1.54) is 12.1 Å². The lowest BCUT2D eigenvalue weighted by Gasteiger charge is -2.30. The lowest BCUT2D eigenvalue weighted by atomic mass is 10.2. The molecule has 0 bridgehead atoms. The molecule has 1 aromatic carbocycles. The van der Waals surface area contributed by atoms with Crippen LogP contribution in [0, 0.1) is 5.82 Å². The number of halogens is 2. The fourth-order valence-electron chi connectivity index (χ4n) is 2.70. The van der Waals surface area contributed by atoms with Crippen LogP contribution in [0.15, 0.2) is 12.1 Å². The van der Waals surface area contributed by atoms with E-state index in [0.29, 0.717) is 35.6 Å². The minimum absolute atomic E-state index is 0.0677. The third-order valence-electron chi connectivity index (χ3n) is 3.73. The molecule has 0 fully saturated rings. The van der Waals surface area contributed by atoms with E-state index >= 15 is 0 Å². The van der Waals surface area contributed by atoms with E-state index in [4.69, 9.17) is 17.3 Å². The number of anilines is 1. The van der Waals surface area contributed by atoms with Gasteiger partial charge in [0, 0.05) is 31.2 Å². The van der Waals surface area contributed by atoms with Crippen molar-refractivity contribution in [2.75, 3.05) is 12.3 Å². The number of aromatic nitrogens is 2. The number of rotatable bonds is 5. The van der Waals surface area contributed by atoms with Gasteiger partial charge in [0.2, 0.25) is 5.95 Å². The number of benzene rings is 1. The smallest absolute Gasteiger partial charge is 0.201 e. The van der Waals surface area contributed by atoms with Gasteiger partial charge in [-0.1, -0.05) is 11.6 Å². The van der Waals surface area contributed by atoms with Crippen molar-refractivity contribution in [3.63, 3.8) is 0 Å². The van der Waals surface area contributed by atoms with Gasteiger partial charge in [0.25, 0.3) is 0 Å². The molecule has 0 aliphatic rings. The summed E-state index contributed by atoms with van der Waals surface area (Å²) in [6.07, 6.45) is 0. The number of fused-ring (bicyclic) bond motifs is 1. The highest BCUT2D eigenvalue weighted by atomic mass is 35.5. The molecule has 1 aromatic heterocycles. The summed E-state index contributed by atoms with van der Waals surface area (Å²) in [6.45, 7) is 10.1. The molecule has 0 aliphatic carbocycles. The maximum absolute atomic E-state index is 13.7. The SMILES string of the molecule is CC(C)N(CCn1c(N)nc2cc(Cl)c(F)cc21)C(C)C. The third-order valence-corrected chi connectivity index (χ3v) is 4.02. The second kappa shape index (κ2) is 6.20. The largest absolute Gasteiger partial charge is 0.369 e. The van der Waals surface area contributed by atoms with Crippen molar-refractivity contribution in [1.29, 1.82) is 0 Å². The summed E-state index contributed by atoms with van der Waals surface area (Å²) in [5.74, 6) is -0.0611. The Morgan fingerprint density at radius 1 is 1.29 bits per heavy atom. The van der Waals surface area contributed by atoms with Crippen LogP contribution in [0.1, 0.15) is 27.7 Å². The lowest BCUT2D eigenvalue weighted by molar-refractivity contribution is 0.169. The second-order valence-electron chi connectivity index (χ2n) is 5.80. The molecule has 0 unspecified atom stereocenters. The average Bonchev–Trinajstić information content (AvgIpc) is 2.65. The molecular weight excluding hydrogens is 291 g/mol. The van der Waals surface area contributed by atoms with Crippen LogP contribution in [0.2, 0.25) is 5.02 Å². The highest BCUT2D eigenvalue weighted by molar-refractivity contribution is 6.31. The predicted octanol–water partition coefficient (Wildman–Crippen LogP) is 3.53. The van der Waals surface area contributed by atoms with Crippen molar-refractivity contribution in [2.24, 2.45) is 0 Å². The van der Waals surface area contributed by atoms with Gasteiger partial charge in [-0.15, -0.1) is 0 Å². The van der Waals surface area contributed by atoms with Gasteiger partial charge in [0.05, 0.1) is 16.1 Å². The maximum Gasteiger partial charge on any atom is 0.201 e. The molecule has 0 radical (unpaired) electrons. The predicted molar refractivity (Wildman–Crippen MR) is 86.1 cm³/mol. The van der Waals surface area contributed by atoms with Gasteiger partial charge in [-0.3, -0.25) is 4.90 Å². The zero-order chi connectivity index (χ0) is 15.7. The van der Waals surface area contributed by atoms with E-state index in [1.54, 1.807) is 0 Å². The summed E-state index contributed by atoms with van der Waals surface area (Å²) in [6, 6.07) is 3.79. The molecule has 0 saturated heterocycles. The molecule has 116 valence electrons. The standard InChI is InChI=1S/C15H22ClFN4/c1-9(2)20(10(3)4)5-6-21-14-8-12(17)11(16)7-13(14)19-15(21)18/h7-10H,5-6H2,1-4H3,(H2,18,19). The molecule has 2 N–H and O–H groups in total. The summed E-state index contributed by atoms with van der Waals surface area (Å²) < 4.78 is 15.5. The van der Waals surface area contributed by atoms with Crippen LogP contribution >= 0.6 is 11.6 Å². The minimum atomic E-state index is -0.449. The van der Waals surface area contributed by atoms with Gasteiger partial charge in [-0.05, 0) is 33.8 Å². The van der Waals surface area contributed by atoms with E-state index < -0.39 is 5.82 Å². The van der Waals surface area contributed by atoms with Crippen molar-refractivity contribution in [2.45, 2.75) is 46.3 Å². The Kier molecular flexibility index (Phi) is 4.74. The van der Waals surface area contributed by atoms with Gasteiger partial charge >= 0.3 is 0 Å². The molecule has 2 aromatic rings. The van der Waals surface area contributed by atoms with Crippen LogP contribution in [-0.4, -0.2) is 33.1 Å². The van der Waals surface area contributed by atoms with Crippen LogP contribution in [0.25, 0.3) is 11.0 Å². The topological polar surface area (TPSA) is 47.1 Å². The molecule has 2 rings (SSSR count). The highest BCUT2D eigenvalue weighted by Gasteiger charge is 2.16. The van der Waals surface area contributed by atoms with E-state index in [1.807, 2.05) is 4.57 Å². The van der Waals surface area contributed by atoms with E-state index in [-0.39, 0.29) is 5.02 Å². The number of nitrogens with two attached hydrogens (primary N) is 1. The molecule has 6 heteroatoms. The first-order chi connectivity index (χ1) is 9.81. The fourth-order valence-corrected chi connectivity index (χ4v) is 2.86. The number of hydrogen-bond donors (Lipinski definition) is 1. The van der Waals surface area contributed by atoms with Gasteiger partial charge in [0.1, 0.15) is 5.82 Å². The van der Waals surface area contributed by atoms with E-state index in [9.17, 15) is 4.39 Å². The van der Waals surface area contributed by atoms with Crippen LogP contribution in [0.4, 0.5) is 10.3 Å². The third kappa shape index (κ3) is 3.30. The van der Waals surface area contributed by atoms with Crippen molar-refractivity contribution >= 4 is 28.6 Å². The van der Waals surface area contributed by atoms with Crippen molar-refractivity contribution in [3.05, 3.63) is 23.0 Å². The molecule has 4 nitrogen and oxygen atoms in total. The summed E-state index contributed by atoms with van der Waals surface area (Å²) in [5.41, 5.74) is 7.27. The normalized spacial score (nSPS) is 12.2. The molecule has 0 aliphatic heterocycles. The van der Waals surface area contributed by atoms with Crippen molar-refractivity contribution in [3.8, 4) is 0 Å². The molecule has 0 atom stereocenters. The molecule has 0 saturated carbocycles. The quantitative estimate of drug-likeness (QED) is 0.918. The Labute approximate surface area is 129 Å². The monoisotopic (exact) mass is 312 g/mol. The number of nitrogen functional groups attached to an aromatic ring is 1. The lowest BCUT2D eigenvalue weighted by Crippen LogP contribution is -2.39. The van der Waals surface area contributed by atoms with Crippen LogP contribution in [0.3, 0.4) is 0 Å². The molecule has 0 amide bonds. The molecule has 0 spiro atoms. The van der Waals surface area contributed by atoms with Gasteiger partial charge in [0.15, 0.2) is 0 Å². The summed E-state index contributed by atoms with van der Waals surface area (Å²) in [5, 5.41) is 0.0677. The second-order valence-corrected chi connectivity index (χ2v) is 6.21. The Morgan fingerprint density at radius 2 is 1.90 bits per heavy atom. The fraction of sp³-hybridized carbons (Fsp3) is 0.533. The Bertz CT molecular complexity index is 628. The number of nitrogens with zero attached hydrogens (tertiary/aromatic N) is 3. The van der Waals surface area contributed by atoms with Crippen LogP contribution < -0.4 is 5.73 Å². The summed E-state index contributed by atoms with van der Waals surface area (Å²) >= 11 is 5.79. The minimum Gasteiger partial charge on any atom is -0.369 e. The first kappa shape index (κ1) is 16.0. The summed E-state index contributed by atoms with van der Waals surface area (Å²) in [7, 11) is 0. The van der Waals surface area contributed by atoms with Gasteiger partial charge in [-0.2, -0.15) is 0 Å². The van der Waals surface area contributed by atoms with E-state index in [0.717, 1.165) is 6.54 Å². The zero-order valence-corrected chi connectivity index (χ0v) is 13.7. The van der Waals surface area contributed by atoms with Crippen molar-refractivity contribution in [1.82, 2.24) is 14.5 Å². The molecule has 1 heterocycles. The van der Waals surface area contributed by atoms with Crippen LogP contribution in [0.5, 0.6) is 0 Å². The highest BCUT2D eigenvalue weighted by Crippen LogP contribution is 2.24. The van der Waals surface area contributed by atoms with Crippen molar-refractivity contribution < 1.29 is 4.39 Å². The Balaban J connectivity index is 2.30. The average molecular weight is 313 g/mol. The van der Waals surface area contributed by atoms with Crippen LogP contribution in [-0.2, 0) is 6.54 Å². The summed E-state index contributed by atoms with van der Waals surface area (Å²) in [4.78, 5) is 6.61.